The van der Waals surface area contributed by atoms with E-state index in [4.69, 9.17) is 4.74 Å². The minimum Gasteiger partial charge on any atom is -0.444 e. The summed E-state index contributed by atoms with van der Waals surface area (Å²) in [4.78, 5) is 44.6. The van der Waals surface area contributed by atoms with Gasteiger partial charge in [-0.3, -0.25) is 9.80 Å². The number of aryl methyl sites for hydroxylation is 1. The van der Waals surface area contributed by atoms with E-state index in [2.05, 4.69) is 10.3 Å². The third-order valence-electron chi connectivity index (χ3n) is 5.69. The Bertz CT molecular complexity index is 1040. The van der Waals surface area contributed by atoms with E-state index in [9.17, 15) is 14.4 Å². The van der Waals surface area contributed by atoms with E-state index in [1.54, 1.807) is 41.4 Å². The lowest BCUT2D eigenvalue weighted by molar-refractivity contribution is -0.137. The SMILES string of the molecule is Cc1ncc2n1C(=O)N(N1CCN(C(=O)C(NC(=O)OC(C)(C)C)c3ccccc3)CC1)C2. The molecule has 4 rings (SSSR count). The Balaban J connectivity index is 1.42. The molecule has 0 bridgehead atoms. The number of aromatic nitrogens is 2. The smallest absolute Gasteiger partial charge is 0.408 e. The molecule has 1 fully saturated rings. The Morgan fingerprint density at radius 2 is 1.76 bits per heavy atom. The molecule has 1 unspecified atom stereocenters. The van der Waals surface area contributed by atoms with Gasteiger partial charge >= 0.3 is 12.1 Å². The molecule has 2 aromatic rings. The molecule has 3 amide bonds. The summed E-state index contributed by atoms with van der Waals surface area (Å²) in [6.45, 7) is 9.52. The number of carbonyl (C=O) groups excluding carboxylic acids is 3. The molecule has 1 atom stereocenters. The molecule has 1 aromatic heterocycles. The van der Waals surface area contributed by atoms with Crippen molar-refractivity contribution in [3.8, 4) is 0 Å². The largest absolute Gasteiger partial charge is 0.444 e. The zero-order chi connectivity index (χ0) is 23.8. The third kappa shape index (κ3) is 4.85. The average Bonchev–Trinajstić information content (AvgIpc) is 3.30. The summed E-state index contributed by atoms with van der Waals surface area (Å²) in [6.07, 6.45) is 1.08. The highest BCUT2D eigenvalue weighted by molar-refractivity contribution is 5.87. The van der Waals surface area contributed by atoms with E-state index < -0.39 is 17.7 Å². The van der Waals surface area contributed by atoms with Gasteiger partial charge in [-0.1, -0.05) is 30.3 Å². The molecular formula is C23H30N6O4. The first-order chi connectivity index (χ1) is 15.6. The standard InChI is InChI=1S/C23H30N6O4/c1-16-24-14-18-15-28(22(32)29(16)18)27-12-10-26(11-13-27)20(30)19(17-8-6-5-7-9-17)25-21(31)33-23(2,3)4/h5-9,14,19H,10-13,15H2,1-4H3,(H,25,31). The number of imidazole rings is 1. The Kier molecular flexibility index (Phi) is 6.11. The van der Waals surface area contributed by atoms with Crippen molar-refractivity contribution in [2.45, 2.75) is 45.9 Å². The van der Waals surface area contributed by atoms with Crippen LogP contribution in [0.15, 0.2) is 36.5 Å². The van der Waals surface area contributed by atoms with Crippen LogP contribution in [0.2, 0.25) is 0 Å². The van der Waals surface area contributed by atoms with Crippen molar-refractivity contribution in [3.05, 3.63) is 53.6 Å². The first-order valence-electron chi connectivity index (χ1n) is 11.1. The van der Waals surface area contributed by atoms with Crippen LogP contribution >= 0.6 is 0 Å². The van der Waals surface area contributed by atoms with E-state index in [1.807, 2.05) is 42.3 Å². The first kappa shape index (κ1) is 22.8. The molecule has 1 aromatic carbocycles. The maximum Gasteiger partial charge on any atom is 0.408 e. The number of amides is 3. The number of nitrogens with zero attached hydrogens (tertiary/aromatic N) is 5. The Morgan fingerprint density at radius 1 is 1.09 bits per heavy atom. The maximum atomic E-state index is 13.4. The van der Waals surface area contributed by atoms with Gasteiger partial charge in [0.1, 0.15) is 17.5 Å². The van der Waals surface area contributed by atoms with Crippen LogP contribution in [0.3, 0.4) is 0 Å². The van der Waals surface area contributed by atoms with Gasteiger partial charge in [0.2, 0.25) is 5.91 Å². The second-order valence-electron chi connectivity index (χ2n) is 9.24. The normalized spacial score (nSPS) is 17.6. The van der Waals surface area contributed by atoms with E-state index in [1.165, 1.54) is 0 Å². The summed E-state index contributed by atoms with van der Waals surface area (Å²) < 4.78 is 6.99. The summed E-state index contributed by atoms with van der Waals surface area (Å²) in [7, 11) is 0. The summed E-state index contributed by atoms with van der Waals surface area (Å²) >= 11 is 0. The quantitative estimate of drug-likeness (QED) is 0.761. The molecule has 0 saturated carbocycles. The van der Waals surface area contributed by atoms with E-state index in [0.717, 1.165) is 5.69 Å². The molecule has 0 aliphatic carbocycles. The van der Waals surface area contributed by atoms with Gasteiger partial charge in [-0.25, -0.2) is 24.1 Å². The molecule has 1 saturated heterocycles. The summed E-state index contributed by atoms with van der Waals surface area (Å²) in [5.74, 6) is 0.469. The summed E-state index contributed by atoms with van der Waals surface area (Å²) in [5.41, 5.74) is 0.879. The molecule has 0 spiro atoms. The number of hydrogen-bond donors (Lipinski definition) is 1. The highest BCUT2D eigenvalue weighted by Crippen LogP contribution is 2.23. The number of carbonyl (C=O) groups is 3. The maximum absolute atomic E-state index is 13.4. The van der Waals surface area contributed by atoms with Crippen molar-refractivity contribution in [3.63, 3.8) is 0 Å². The number of piperazine rings is 1. The molecule has 0 radical (unpaired) electrons. The molecule has 33 heavy (non-hydrogen) atoms. The van der Waals surface area contributed by atoms with Crippen LogP contribution in [0.5, 0.6) is 0 Å². The number of benzene rings is 1. The topological polar surface area (TPSA) is 100 Å². The van der Waals surface area contributed by atoms with Gasteiger partial charge in [0.05, 0.1) is 18.4 Å². The van der Waals surface area contributed by atoms with Gasteiger partial charge in [-0.05, 0) is 33.3 Å². The van der Waals surface area contributed by atoms with Crippen molar-refractivity contribution in [1.82, 2.24) is 29.8 Å². The van der Waals surface area contributed by atoms with Crippen molar-refractivity contribution in [2.24, 2.45) is 0 Å². The zero-order valence-corrected chi connectivity index (χ0v) is 19.4. The number of alkyl carbamates (subject to hydrolysis) is 1. The predicted molar refractivity (Wildman–Crippen MR) is 120 cm³/mol. The van der Waals surface area contributed by atoms with Crippen molar-refractivity contribution < 1.29 is 19.1 Å². The van der Waals surface area contributed by atoms with Crippen LogP contribution in [-0.2, 0) is 16.1 Å². The van der Waals surface area contributed by atoms with Crippen LogP contribution in [0.1, 0.15) is 43.9 Å². The van der Waals surface area contributed by atoms with E-state index in [-0.39, 0.29) is 11.9 Å². The molecule has 10 heteroatoms. The van der Waals surface area contributed by atoms with Gasteiger partial charge in [0.15, 0.2) is 0 Å². The molecule has 1 N–H and O–H groups in total. The fourth-order valence-corrected chi connectivity index (χ4v) is 4.12. The summed E-state index contributed by atoms with van der Waals surface area (Å²) in [6, 6.07) is 8.17. The molecule has 3 heterocycles. The van der Waals surface area contributed by atoms with Gasteiger partial charge < -0.3 is 15.0 Å². The fraction of sp³-hybridized carbons (Fsp3) is 0.478. The number of ether oxygens (including phenoxy) is 1. The van der Waals surface area contributed by atoms with Crippen LogP contribution < -0.4 is 5.32 Å². The Hall–Kier alpha value is -3.40. The van der Waals surface area contributed by atoms with Gasteiger partial charge in [0.25, 0.3) is 0 Å². The van der Waals surface area contributed by atoms with Crippen LogP contribution in [0, 0.1) is 6.92 Å². The number of nitrogens with one attached hydrogen (secondary N) is 1. The first-order valence-corrected chi connectivity index (χ1v) is 11.1. The number of hydrogen-bond acceptors (Lipinski definition) is 6. The number of hydrazine groups is 1. The highest BCUT2D eigenvalue weighted by Gasteiger charge is 2.37. The van der Waals surface area contributed by atoms with Crippen molar-refractivity contribution in [1.29, 1.82) is 0 Å². The second-order valence-corrected chi connectivity index (χ2v) is 9.24. The van der Waals surface area contributed by atoms with Crippen molar-refractivity contribution in [2.75, 3.05) is 26.2 Å². The second kappa shape index (κ2) is 8.86. The van der Waals surface area contributed by atoms with E-state index >= 15 is 0 Å². The Labute approximate surface area is 193 Å². The average molecular weight is 455 g/mol. The molecule has 10 nitrogen and oxygen atoms in total. The van der Waals surface area contributed by atoms with Gasteiger partial charge in [-0.2, -0.15) is 0 Å². The minimum atomic E-state index is -0.851. The highest BCUT2D eigenvalue weighted by atomic mass is 16.6. The van der Waals surface area contributed by atoms with Gasteiger partial charge in [0, 0.05) is 26.2 Å². The lowest BCUT2D eigenvalue weighted by Crippen LogP contribution is -2.57. The summed E-state index contributed by atoms with van der Waals surface area (Å²) in [5, 5.41) is 6.41. The van der Waals surface area contributed by atoms with Gasteiger partial charge in [-0.15, -0.1) is 0 Å². The van der Waals surface area contributed by atoms with Crippen molar-refractivity contribution >= 4 is 18.0 Å². The van der Waals surface area contributed by atoms with Crippen LogP contribution in [0.25, 0.3) is 0 Å². The predicted octanol–water partition coefficient (Wildman–Crippen LogP) is 2.30. The molecular weight excluding hydrogens is 424 g/mol. The Morgan fingerprint density at radius 3 is 2.36 bits per heavy atom. The molecule has 176 valence electrons. The monoisotopic (exact) mass is 454 g/mol. The van der Waals surface area contributed by atoms with E-state index in [0.29, 0.717) is 44.1 Å². The lowest BCUT2D eigenvalue weighted by Gasteiger charge is -2.40. The number of rotatable bonds is 4. The lowest BCUT2D eigenvalue weighted by atomic mass is 10.1. The molecule has 2 aliphatic heterocycles. The third-order valence-corrected chi connectivity index (χ3v) is 5.69. The van der Waals surface area contributed by atoms with Crippen LogP contribution in [0.4, 0.5) is 9.59 Å². The number of fused-ring (bicyclic) bond motifs is 1. The molecule has 2 aliphatic rings. The fourth-order valence-electron chi connectivity index (χ4n) is 4.12. The van der Waals surface area contributed by atoms with Crippen LogP contribution in [-0.4, -0.2) is 74.3 Å². The zero-order valence-electron chi connectivity index (χ0n) is 19.4. The minimum absolute atomic E-state index is 0.117.